The van der Waals surface area contributed by atoms with Crippen LogP contribution >= 0.6 is 0 Å². The number of likely N-dealkylation sites (N-methyl/N-ethyl adjacent to an activating group) is 1. The minimum absolute atomic E-state index is 0.0388. The number of benzene rings is 1. The molecule has 2 aliphatic rings. The van der Waals surface area contributed by atoms with Gasteiger partial charge in [-0.05, 0) is 51.1 Å². The van der Waals surface area contributed by atoms with Gasteiger partial charge in [0.25, 0.3) is 0 Å². The maximum Gasteiger partial charge on any atom is 0.189 e. The van der Waals surface area contributed by atoms with Gasteiger partial charge in [0.05, 0.1) is 36.6 Å². The summed E-state index contributed by atoms with van der Waals surface area (Å²) in [6.45, 7) is 7.45. The van der Waals surface area contributed by atoms with Crippen LogP contribution in [0.2, 0.25) is 0 Å². The molecule has 0 radical (unpaired) electrons. The highest BCUT2D eigenvalue weighted by Crippen LogP contribution is 2.54. The van der Waals surface area contributed by atoms with Crippen LogP contribution in [0.4, 0.5) is 0 Å². The maximum atomic E-state index is 10.1. The van der Waals surface area contributed by atoms with Gasteiger partial charge in [0.15, 0.2) is 16.9 Å². The summed E-state index contributed by atoms with van der Waals surface area (Å²) in [6.07, 6.45) is 1.94. The first kappa shape index (κ1) is 22.3. The van der Waals surface area contributed by atoms with Crippen LogP contribution in [0.15, 0.2) is 29.8 Å². The first-order valence-electron chi connectivity index (χ1n) is 10.5. The summed E-state index contributed by atoms with van der Waals surface area (Å²) in [5.74, 6) is -0.548. The van der Waals surface area contributed by atoms with Crippen molar-refractivity contribution in [3.63, 3.8) is 0 Å². The van der Waals surface area contributed by atoms with Gasteiger partial charge in [-0.1, -0.05) is 12.1 Å². The van der Waals surface area contributed by atoms with Gasteiger partial charge in [-0.15, -0.1) is 0 Å². The predicted molar refractivity (Wildman–Crippen MR) is 116 cm³/mol. The van der Waals surface area contributed by atoms with E-state index < -0.39 is 17.3 Å². The fourth-order valence-electron chi connectivity index (χ4n) is 4.67. The molecule has 1 aromatic carbocycles. The largest absolute Gasteiger partial charge is 0.490 e. The van der Waals surface area contributed by atoms with Gasteiger partial charge < -0.3 is 19.8 Å². The van der Waals surface area contributed by atoms with Crippen molar-refractivity contribution >= 4 is 5.71 Å². The van der Waals surface area contributed by atoms with Crippen molar-refractivity contribution in [3.05, 3.63) is 35.4 Å². The summed E-state index contributed by atoms with van der Waals surface area (Å²) in [7, 11) is 1.97. The van der Waals surface area contributed by atoms with Crippen LogP contribution in [0.25, 0.3) is 0 Å². The van der Waals surface area contributed by atoms with Crippen molar-refractivity contribution in [2.45, 2.75) is 32.8 Å². The molecule has 0 aromatic heterocycles. The van der Waals surface area contributed by atoms with Crippen LogP contribution < -0.4 is 9.47 Å². The lowest BCUT2D eigenvalue weighted by Crippen LogP contribution is -2.52. The van der Waals surface area contributed by atoms with Crippen LogP contribution in [0, 0.1) is 56.7 Å². The van der Waals surface area contributed by atoms with E-state index in [9.17, 15) is 15.8 Å². The third-order valence-electron chi connectivity index (χ3n) is 5.96. The van der Waals surface area contributed by atoms with Gasteiger partial charge in [-0.25, -0.2) is 0 Å². The molecule has 0 bridgehead atoms. The van der Waals surface area contributed by atoms with Gasteiger partial charge in [0.2, 0.25) is 0 Å². The highest BCUT2D eigenvalue weighted by atomic mass is 16.5. The van der Waals surface area contributed by atoms with E-state index in [0.717, 1.165) is 11.1 Å². The van der Waals surface area contributed by atoms with Crippen molar-refractivity contribution in [1.29, 1.82) is 21.2 Å². The number of fused-ring (bicyclic) bond motifs is 1. The molecule has 31 heavy (non-hydrogen) atoms. The normalized spacial score (nSPS) is 24.9. The molecule has 3 atom stereocenters. The summed E-state index contributed by atoms with van der Waals surface area (Å²) in [5, 5.41) is 38.8. The Morgan fingerprint density at radius 3 is 2.52 bits per heavy atom. The van der Waals surface area contributed by atoms with Crippen LogP contribution in [0.1, 0.15) is 32.3 Å². The molecular weight excluding hydrogens is 390 g/mol. The van der Waals surface area contributed by atoms with E-state index in [1.165, 1.54) is 0 Å². The summed E-state index contributed by atoms with van der Waals surface area (Å²) in [4.78, 5) is 2.10. The molecule has 7 heteroatoms. The molecule has 1 heterocycles. The van der Waals surface area contributed by atoms with Gasteiger partial charge in [-0.2, -0.15) is 15.8 Å². The molecule has 0 unspecified atom stereocenters. The molecule has 160 valence electrons. The number of nitrogens with zero attached hydrogens (tertiary/aromatic N) is 4. The Labute approximate surface area is 183 Å². The molecular formula is C24H27N5O2. The highest BCUT2D eigenvalue weighted by molar-refractivity contribution is 6.00. The Morgan fingerprint density at radius 1 is 1.23 bits per heavy atom. The topological polar surface area (TPSA) is 117 Å². The summed E-state index contributed by atoms with van der Waals surface area (Å²) in [5.41, 5.74) is -0.311. The molecule has 1 saturated carbocycles. The lowest BCUT2D eigenvalue weighted by Gasteiger charge is -2.47. The molecule has 3 rings (SSSR count). The summed E-state index contributed by atoms with van der Waals surface area (Å²) >= 11 is 0. The Hall–Kier alpha value is -3.34. The van der Waals surface area contributed by atoms with Gasteiger partial charge in [0, 0.05) is 24.9 Å². The van der Waals surface area contributed by atoms with E-state index in [-0.39, 0.29) is 17.7 Å². The van der Waals surface area contributed by atoms with E-state index in [0.29, 0.717) is 31.2 Å². The Kier molecular flexibility index (Phi) is 6.34. The second kappa shape index (κ2) is 8.80. The van der Waals surface area contributed by atoms with Crippen LogP contribution in [0.3, 0.4) is 0 Å². The number of ether oxygens (including phenoxy) is 2. The smallest absolute Gasteiger partial charge is 0.189 e. The van der Waals surface area contributed by atoms with Crippen LogP contribution in [-0.2, 0) is 0 Å². The molecule has 1 aromatic rings. The first-order chi connectivity index (χ1) is 14.8. The lowest BCUT2D eigenvalue weighted by molar-refractivity contribution is 0.221. The zero-order chi connectivity index (χ0) is 22.8. The fourth-order valence-corrected chi connectivity index (χ4v) is 4.67. The summed E-state index contributed by atoms with van der Waals surface area (Å²) < 4.78 is 11.7. The molecule has 1 fully saturated rings. The van der Waals surface area contributed by atoms with Crippen molar-refractivity contribution in [2.75, 3.05) is 26.7 Å². The van der Waals surface area contributed by atoms with Crippen molar-refractivity contribution in [3.8, 4) is 29.7 Å². The SMILES string of the molecule is CCOc1cc([C@H]2[C@H]3CN(C)CC=C3[C@@H](C#N)C(=N)C2(C#N)C#N)ccc1OC(C)C. The predicted octanol–water partition coefficient (Wildman–Crippen LogP) is 3.65. The van der Waals surface area contributed by atoms with E-state index in [4.69, 9.17) is 14.9 Å². The van der Waals surface area contributed by atoms with Gasteiger partial charge in [0.1, 0.15) is 5.92 Å². The van der Waals surface area contributed by atoms with Crippen LogP contribution in [0.5, 0.6) is 11.5 Å². The van der Waals surface area contributed by atoms with Crippen LogP contribution in [-0.4, -0.2) is 43.5 Å². The number of rotatable bonds is 5. The van der Waals surface area contributed by atoms with Gasteiger partial charge in [-0.3, -0.25) is 0 Å². The van der Waals surface area contributed by atoms with E-state index in [1.807, 2.05) is 46.0 Å². The van der Waals surface area contributed by atoms with Crippen molar-refractivity contribution in [1.82, 2.24) is 4.90 Å². The molecule has 1 aliphatic heterocycles. The van der Waals surface area contributed by atoms with E-state index >= 15 is 0 Å². The molecule has 1 aliphatic carbocycles. The second-order valence-electron chi connectivity index (χ2n) is 8.32. The summed E-state index contributed by atoms with van der Waals surface area (Å²) in [6, 6.07) is 11.9. The van der Waals surface area contributed by atoms with E-state index in [2.05, 4.69) is 23.1 Å². The molecule has 1 N–H and O–H groups in total. The Balaban J connectivity index is 2.22. The second-order valence-corrected chi connectivity index (χ2v) is 8.32. The zero-order valence-electron chi connectivity index (χ0n) is 18.3. The average molecular weight is 418 g/mol. The standard InChI is InChI=1S/C24H27N5O2/c1-5-30-21-10-16(6-7-20(21)31-15(2)3)22-19-12-29(4)9-8-17(19)18(11-25)23(28)24(22,13-26)14-27/h6-8,10,15,18-19,22,28H,5,9,12H2,1-4H3/t18-,19+,22+/m1/s1. The van der Waals surface area contributed by atoms with E-state index in [1.54, 1.807) is 6.07 Å². The molecule has 0 amide bonds. The molecule has 0 saturated heterocycles. The quantitative estimate of drug-likeness (QED) is 0.731. The first-order valence-corrected chi connectivity index (χ1v) is 10.5. The van der Waals surface area contributed by atoms with Crippen molar-refractivity contribution < 1.29 is 9.47 Å². The van der Waals surface area contributed by atoms with Gasteiger partial charge >= 0.3 is 0 Å². The Morgan fingerprint density at radius 2 is 1.94 bits per heavy atom. The number of hydrogen-bond donors (Lipinski definition) is 1. The number of hydrogen-bond acceptors (Lipinski definition) is 7. The third-order valence-corrected chi connectivity index (χ3v) is 5.96. The number of nitriles is 3. The minimum Gasteiger partial charge on any atom is -0.490 e. The zero-order valence-corrected chi connectivity index (χ0v) is 18.3. The number of nitrogens with one attached hydrogen (secondary N) is 1. The Bertz CT molecular complexity index is 1010. The molecule has 0 spiro atoms. The molecule has 7 nitrogen and oxygen atoms in total. The highest BCUT2D eigenvalue weighted by Gasteiger charge is 2.57. The maximum absolute atomic E-state index is 10.1. The third kappa shape index (κ3) is 3.76. The monoisotopic (exact) mass is 417 g/mol. The average Bonchev–Trinajstić information content (AvgIpc) is 2.74. The van der Waals surface area contributed by atoms with Crippen molar-refractivity contribution in [2.24, 2.45) is 17.3 Å². The fraction of sp³-hybridized carbons (Fsp3) is 0.500. The lowest BCUT2D eigenvalue weighted by atomic mass is 9.54. The minimum atomic E-state index is -1.73.